The molecule has 0 aliphatic carbocycles. The Hall–Kier alpha value is -1.81. The average Bonchev–Trinajstić information content (AvgIpc) is 2.83. The van der Waals surface area contributed by atoms with Crippen LogP contribution >= 0.6 is 0 Å². The van der Waals surface area contributed by atoms with Crippen molar-refractivity contribution in [1.29, 1.82) is 0 Å². The molecule has 2 aromatic rings. The second-order valence-corrected chi connectivity index (χ2v) is 4.53. The molecular weight excluding hydrogens is 240 g/mol. The molecule has 1 atom stereocenters. The van der Waals surface area contributed by atoms with E-state index in [1.165, 1.54) is 0 Å². The maximum Gasteiger partial charge on any atom is 0.134 e. The quantitative estimate of drug-likeness (QED) is 0.866. The van der Waals surface area contributed by atoms with E-state index in [1.807, 2.05) is 31.2 Å². The van der Waals surface area contributed by atoms with Gasteiger partial charge in [0.05, 0.1) is 0 Å². The molecule has 0 saturated carbocycles. The van der Waals surface area contributed by atoms with Gasteiger partial charge in [0, 0.05) is 17.7 Å². The Morgan fingerprint density at radius 3 is 2.84 bits per heavy atom. The van der Waals surface area contributed by atoms with E-state index in [0.717, 1.165) is 29.3 Å². The Labute approximate surface area is 113 Å². The molecular formula is C15H20N2O2. The molecule has 0 radical (unpaired) electrons. The number of nitrogens with one attached hydrogen (secondary N) is 1. The summed E-state index contributed by atoms with van der Waals surface area (Å²) in [4.78, 5) is 0. The van der Waals surface area contributed by atoms with Gasteiger partial charge in [0.1, 0.15) is 23.8 Å². The van der Waals surface area contributed by atoms with Crippen LogP contribution in [0.4, 0.5) is 0 Å². The first kappa shape index (κ1) is 13.6. The average molecular weight is 260 g/mol. The van der Waals surface area contributed by atoms with Gasteiger partial charge in [0.15, 0.2) is 0 Å². The molecule has 1 N–H and O–H groups in total. The van der Waals surface area contributed by atoms with Crippen molar-refractivity contribution in [2.75, 3.05) is 6.54 Å². The molecule has 1 aromatic heterocycles. The van der Waals surface area contributed by atoms with Crippen molar-refractivity contribution < 1.29 is 9.26 Å². The summed E-state index contributed by atoms with van der Waals surface area (Å²) < 4.78 is 10.9. The van der Waals surface area contributed by atoms with E-state index in [9.17, 15) is 0 Å². The number of aromatic nitrogens is 1. The van der Waals surface area contributed by atoms with Crippen LogP contribution in [-0.2, 0) is 6.61 Å². The van der Waals surface area contributed by atoms with Crippen molar-refractivity contribution in [3.05, 3.63) is 47.3 Å². The van der Waals surface area contributed by atoms with Crippen LogP contribution in [0.5, 0.6) is 5.75 Å². The second kappa shape index (κ2) is 6.38. The first-order chi connectivity index (χ1) is 9.20. The predicted octanol–water partition coefficient (Wildman–Crippen LogP) is 3.23. The molecule has 1 unspecified atom stereocenters. The predicted molar refractivity (Wildman–Crippen MR) is 74.1 cm³/mol. The molecule has 0 aliphatic rings. The molecule has 4 nitrogen and oxygen atoms in total. The van der Waals surface area contributed by atoms with Gasteiger partial charge < -0.3 is 14.6 Å². The number of hydrogen-bond donors (Lipinski definition) is 1. The van der Waals surface area contributed by atoms with Gasteiger partial charge in [0.25, 0.3) is 0 Å². The molecule has 0 saturated heterocycles. The maximum atomic E-state index is 5.84. The van der Waals surface area contributed by atoms with E-state index < -0.39 is 0 Å². The largest absolute Gasteiger partial charge is 0.487 e. The van der Waals surface area contributed by atoms with Crippen LogP contribution in [0.2, 0.25) is 0 Å². The monoisotopic (exact) mass is 260 g/mol. The molecule has 1 heterocycles. The van der Waals surface area contributed by atoms with Gasteiger partial charge >= 0.3 is 0 Å². The number of rotatable bonds is 6. The van der Waals surface area contributed by atoms with Crippen molar-refractivity contribution in [3.8, 4) is 5.75 Å². The van der Waals surface area contributed by atoms with Crippen molar-refractivity contribution in [2.24, 2.45) is 0 Å². The Kier molecular flexibility index (Phi) is 4.58. The van der Waals surface area contributed by atoms with Gasteiger partial charge in [-0.05, 0) is 26.5 Å². The smallest absolute Gasteiger partial charge is 0.134 e. The molecule has 0 bridgehead atoms. The fraction of sp³-hybridized carbons (Fsp3) is 0.400. The first-order valence-electron chi connectivity index (χ1n) is 6.58. The highest BCUT2D eigenvalue weighted by Gasteiger charge is 2.10. The van der Waals surface area contributed by atoms with Crippen molar-refractivity contribution in [1.82, 2.24) is 10.5 Å². The normalized spacial score (nSPS) is 12.4. The third-order valence-electron chi connectivity index (χ3n) is 2.95. The lowest BCUT2D eigenvalue weighted by atomic mass is 10.1. The summed E-state index contributed by atoms with van der Waals surface area (Å²) >= 11 is 0. The fourth-order valence-corrected chi connectivity index (χ4v) is 2.02. The summed E-state index contributed by atoms with van der Waals surface area (Å²) in [5.41, 5.74) is 1.97. The molecule has 102 valence electrons. The lowest BCUT2D eigenvalue weighted by Crippen LogP contribution is -2.18. The van der Waals surface area contributed by atoms with Crippen LogP contribution in [0.1, 0.15) is 36.9 Å². The van der Waals surface area contributed by atoms with Gasteiger partial charge in [-0.2, -0.15) is 0 Å². The third kappa shape index (κ3) is 3.58. The highest BCUT2D eigenvalue weighted by Crippen LogP contribution is 2.25. The van der Waals surface area contributed by atoms with E-state index in [1.54, 1.807) is 0 Å². The SMILES string of the molecule is CCNC(C)c1ccccc1OCc1cc(C)on1. The van der Waals surface area contributed by atoms with Gasteiger partial charge in [-0.1, -0.05) is 30.3 Å². The summed E-state index contributed by atoms with van der Waals surface area (Å²) in [5, 5.41) is 7.32. The highest BCUT2D eigenvalue weighted by atomic mass is 16.5. The summed E-state index contributed by atoms with van der Waals surface area (Å²) in [6.45, 7) is 7.45. The van der Waals surface area contributed by atoms with Crippen LogP contribution in [0.25, 0.3) is 0 Å². The number of para-hydroxylation sites is 1. The number of nitrogens with zero attached hydrogens (tertiary/aromatic N) is 1. The van der Waals surface area contributed by atoms with Crippen LogP contribution in [0.3, 0.4) is 0 Å². The van der Waals surface area contributed by atoms with Crippen molar-refractivity contribution in [2.45, 2.75) is 33.4 Å². The minimum Gasteiger partial charge on any atom is -0.487 e. The topological polar surface area (TPSA) is 47.3 Å². The Bertz CT molecular complexity index is 522. The lowest BCUT2D eigenvalue weighted by Gasteiger charge is -2.17. The Balaban J connectivity index is 2.07. The van der Waals surface area contributed by atoms with Crippen molar-refractivity contribution in [3.63, 3.8) is 0 Å². The van der Waals surface area contributed by atoms with E-state index in [0.29, 0.717) is 6.61 Å². The Morgan fingerprint density at radius 1 is 1.37 bits per heavy atom. The highest BCUT2D eigenvalue weighted by molar-refractivity contribution is 5.35. The van der Waals surface area contributed by atoms with E-state index >= 15 is 0 Å². The van der Waals surface area contributed by atoms with Crippen LogP contribution < -0.4 is 10.1 Å². The molecule has 0 aliphatic heterocycles. The lowest BCUT2D eigenvalue weighted by molar-refractivity contribution is 0.283. The summed E-state index contributed by atoms with van der Waals surface area (Å²) in [6, 6.07) is 10.2. The van der Waals surface area contributed by atoms with Crippen molar-refractivity contribution >= 4 is 0 Å². The van der Waals surface area contributed by atoms with Gasteiger partial charge in [-0.3, -0.25) is 0 Å². The summed E-state index contributed by atoms with van der Waals surface area (Å²) in [5.74, 6) is 1.68. The van der Waals surface area contributed by atoms with Gasteiger partial charge in [-0.25, -0.2) is 0 Å². The van der Waals surface area contributed by atoms with Crippen LogP contribution in [0.15, 0.2) is 34.9 Å². The zero-order valence-electron chi connectivity index (χ0n) is 11.6. The number of aryl methyl sites for hydroxylation is 1. The number of hydrogen-bond acceptors (Lipinski definition) is 4. The first-order valence-corrected chi connectivity index (χ1v) is 6.58. The fourth-order valence-electron chi connectivity index (χ4n) is 2.02. The summed E-state index contributed by atoms with van der Waals surface area (Å²) in [6.07, 6.45) is 0. The molecule has 19 heavy (non-hydrogen) atoms. The minimum atomic E-state index is 0.264. The Morgan fingerprint density at radius 2 is 2.16 bits per heavy atom. The molecule has 0 fully saturated rings. The molecule has 0 spiro atoms. The van der Waals surface area contributed by atoms with E-state index in [2.05, 4.69) is 30.4 Å². The maximum absolute atomic E-state index is 5.84. The number of benzene rings is 1. The minimum absolute atomic E-state index is 0.264. The standard InChI is InChI=1S/C15H20N2O2/c1-4-16-12(3)14-7-5-6-8-15(14)18-10-13-9-11(2)19-17-13/h5-9,12,16H,4,10H2,1-3H3. The second-order valence-electron chi connectivity index (χ2n) is 4.53. The molecule has 1 aromatic carbocycles. The zero-order chi connectivity index (χ0) is 13.7. The third-order valence-corrected chi connectivity index (χ3v) is 2.95. The van der Waals surface area contributed by atoms with E-state index in [-0.39, 0.29) is 6.04 Å². The molecule has 2 rings (SSSR count). The van der Waals surface area contributed by atoms with Crippen LogP contribution in [0, 0.1) is 6.92 Å². The van der Waals surface area contributed by atoms with Gasteiger partial charge in [0.2, 0.25) is 0 Å². The van der Waals surface area contributed by atoms with Gasteiger partial charge in [-0.15, -0.1) is 0 Å². The van der Waals surface area contributed by atoms with E-state index in [4.69, 9.17) is 9.26 Å². The zero-order valence-corrected chi connectivity index (χ0v) is 11.6. The molecule has 0 amide bonds. The number of ether oxygens (including phenoxy) is 1. The van der Waals surface area contributed by atoms with Crippen LogP contribution in [-0.4, -0.2) is 11.7 Å². The summed E-state index contributed by atoms with van der Waals surface area (Å²) in [7, 11) is 0. The molecule has 4 heteroatoms.